The first-order valence-corrected chi connectivity index (χ1v) is 7.95. The van der Waals surface area contributed by atoms with Crippen LogP contribution in [0.5, 0.6) is 0 Å². The number of hydrogen-bond donors (Lipinski definition) is 3. The summed E-state index contributed by atoms with van der Waals surface area (Å²) in [7, 11) is 0. The molecular formula is C17H22N4O2. The number of nitrogens with one attached hydrogen (secondary N) is 2. The van der Waals surface area contributed by atoms with Gasteiger partial charge >= 0.3 is 6.03 Å². The predicted molar refractivity (Wildman–Crippen MR) is 88.7 cm³/mol. The predicted octanol–water partition coefficient (Wildman–Crippen LogP) is 2.61. The number of carbonyl (C=O) groups excluding carboxylic acids is 1. The molecule has 1 fully saturated rings. The van der Waals surface area contributed by atoms with Crippen molar-refractivity contribution in [2.75, 3.05) is 11.9 Å². The Kier molecular flexibility index (Phi) is 4.34. The van der Waals surface area contributed by atoms with Crippen molar-refractivity contribution in [2.24, 2.45) is 0 Å². The summed E-state index contributed by atoms with van der Waals surface area (Å²) in [6.07, 6.45) is 5.16. The zero-order chi connectivity index (χ0) is 16.3. The molecule has 0 atom stereocenters. The van der Waals surface area contributed by atoms with Gasteiger partial charge in [-0.25, -0.2) is 9.48 Å². The van der Waals surface area contributed by atoms with Crippen molar-refractivity contribution in [1.82, 2.24) is 15.1 Å². The molecule has 6 heteroatoms. The third kappa shape index (κ3) is 3.53. The van der Waals surface area contributed by atoms with Gasteiger partial charge in [0.15, 0.2) is 0 Å². The number of carbonyl (C=O) groups is 1. The first-order chi connectivity index (χ1) is 11.1. The van der Waals surface area contributed by atoms with Crippen LogP contribution in [0.3, 0.4) is 0 Å². The van der Waals surface area contributed by atoms with E-state index in [1.54, 1.807) is 16.9 Å². The Morgan fingerprint density at radius 1 is 1.30 bits per heavy atom. The van der Waals surface area contributed by atoms with Crippen molar-refractivity contribution in [2.45, 2.75) is 38.2 Å². The Hall–Kier alpha value is -2.34. The Bertz CT molecular complexity index is 689. The molecule has 0 bridgehead atoms. The molecule has 122 valence electrons. The Labute approximate surface area is 135 Å². The van der Waals surface area contributed by atoms with Gasteiger partial charge in [-0.3, -0.25) is 5.32 Å². The molecular weight excluding hydrogens is 292 g/mol. The van der Waals surface area contributed by atoms with Gasteiger partial charge in [0.2, 0.25) is 0 Å². The van der Waals surface area contributed by atoms with Crippen molar-refractivity contribution >= 4 is 11.8 Å². The zero-order valence-corrected chi connectivity index (χ0v) is 13.2. The summed E-state index contributed by atoms with van der Waals surface area (Å²) in [4.78, 5) is 12.1. The molecule has 1 heterocycles. The van der Waals surface area contributed by atoms with Gasteiger partial charge in [0.25, 0.3) is 0 Å². The van der Waals surface area contributed by atoms with E-state index < -0.39 is 5.60 Å². The lowest BCUT2D eigenvalue weighted by Crippen LogP contribution is -2.42. The van der Waals surface area contributed by atoms with Crippen LogP contribution in [-0.2, 0) is 0 Å². The average Bonchev–Trinajstić information content (AvgIpc) is 3.16. The number of aliphatic hydroxyl groups is 1. The number of benzene rings is 1. The van der Waals surface area contributed by atoms with Crippen LogP contribution in [0.1, 0.15) is 31.2 Å². The molecule has 0 spiro atoms. The van der Waals surface area contributed by atoms with Gasteiger partial charge in [0.05, 0.1) is 17.5 Å². The number of anilines is 1. The molecule has 1 aliphatic carbocycles. The lowest BCUT2D eigenvalue weighted by Gasteiger charge is -2.22. The Morgan fingerprint density at radius 3 is 2.78 bits per heavy atom. The standard InChI is InChI=1S/C17H22N4O2/c1-13-6-2-3-7-14(13)21-15(8-11-19-21)20-16(22)18-12-17(23)9-4-5-10-17/h2-3,6-8,11,23H,4-5,9-10,12H2,1H3,(H2,18,20,22). The molecule has 0 radical (unpaired) electrons. The zero-order valence-electron chi connectivity index (χ0n) is 13.2. The monoisotopic (exact) mass is 314 g/mol. The third-order valence-electron chi connectivity index (χ3n) is 4.34. The highest BCUT2D eigenvalue weighted by Crippen LogP contribution is 2.28. The summed E-state index contributed by atoms with van der Waals surface area (Å²) in [5.41, 5.74) is 1.23. The van der Waals surface area contributed by atoms with E-state index >= 15 is 0 Å². The number of urea groups is 1. The van der Waals surface area contributed by atoms with Crippen molar-refractivity contribution in [3.05, 3.63) is 42.1 Å². The van der Waals surface area contributed by atoms with Gasteiger partial charge in [-0.15, -0.1) is 0 Å². The van der Waals surface area contributed by atoms with Crippen LogP contribution in [0.2, 0.25) is 0 Å². The average molecular weight is 314 g/mol. The molecule has 1 aromatic heterocycles. The molecule has 1 aliphatic rings. The third-order valence-corrected chi connectivity index (χ3v) is 4.34. The largest absolute Gasteiger partial charge is 0.388 e. The lowest BCUT2D eigenvalue weighted by atomic mass is 10.0. The SMILES string of the molecule is Cc1ccccc1-n1nccc1NC(=O)NCC1(O)CCCC1. The highest BCUT2D eigenvalue weighted by Gasteiger charge is 2.31. The number of hydrogen-bond acceptors (Lipinski definition) is 3. The van der Waals surface area contributed by atoms with E-state index in [-0.39, 0.29) is 12.6 Å². The Balaban J connectivity index is 1.66. The molecule has 1 saturated carbocycles. The molecule has 3 N–H and O–H groups in total. The minimum absolute atomic E-state index is 0.275. The van der Waals surface area contributed by atoms with E-state index in [1.165, 1.54) is 0 Å². The molecule has 1 aromatic carbocycles. The van der Waals surface area contributed by atoms with Crippen LogP contribution in [0.25, 0.3) is 5.69 Å². The highest BCUT2D eigenvalue weighted by molar-refractivity contribution is 5.88. The maximum Gasteiger partial charge on any atom is 0.320 e. The van der Waals surface area contributed by atoms with Crippen LogP contribution >= 0.6 is 0 Å². The van der Waals surface area contributed by atoms with Crippen molar-refractivity contribution in [3.8, 4) is 5.69 Å². The van der Waals surface area contributed by atoms with E-state index in [0.717, 1.165) is 36.9 Å². The summed E-state index contributed by atoms with van der Waals surface area (Å²) >= 11 is 0. The van der Waals surface area contributed by atoms with Gasteiger partial charge in [-0.1, -0.05) is 31.0 Å². The number of aromatic nitrogens is 2. The van der Waals surface area contributed by atoms with E-state index in [0.29, 0.717) is 5.82 Å². The van der Waals surface area contributed by atoms with E-state index in [1.807, 2.05) is 31.2 Å². The molecule has 23 heavy (non-hydrogen) atoms. The summed E-state index contributed by atoms with van der Waals surface area (Å²) in [5, 5.41) is 20.1. The minimum atomic E-state index is -0.756. The fourth-order valence-corrected chi connectivity index (χ4v) is 3.01. The number of amides is 2. The van der Waals surface area contributed by atoms with Crippen LogP contribution in [0, 0.1) is 6.92 Å². The second kappa shape index (κ2) is 6.42. The second-order valence-corrected chi connectivity index (χ2v) is 6.15. The van der Waals surface area contributed by atoms with Gasteiger partial charge in [0, 0.05) is 12.6 Å². The van der Waals surface area contributed by atoms with Crippen LogP contribution in [0.15, 0.2) is 36.5 Å². The normalized spacial score (nSPS) is 16.3. The van der Waals surface area contributed by atoms with E-state index in [9.17, 15) is 9.90 Å². The van der Waals surface area contributed by atoms with Crippen molar-refractivity contribution in [3.63, 3.8) is 0 Å². The fraction of sp³-hybridized carbons (Fsp3) is 0.412. The minimum Gasteiger partial charge on any atom is -0.388 e. The second-order valence-electron chi connectivity index (χ2n) is 6.15. The molecule has 3 rings (SSSR count). The van der Waals surface area contributed by atoms with Gasteiger partial charge < -0.3 is 10.4 Å². The summed E-state index contributed by atoms with van der Waals surface area (Å²) in [6.45, 7) is 2.27. The van der Waals surface area contributed by atoms with Crippen LogP contribution in [0.4, 0.5) is 10.6 Å². The maximum absolute atomic E-state index is 12.1. The maximum atomic E-state index is 12.1. The molecule has 0 saturated heterocycles. The molecule has 2 amide bonds. The topological polar surface area (TPSA) is 79.2 Å². The van der Waals surface area contributed by atoms with Gasteiger partial charge in [-0.2, -0.15) is 5.10 Å². The smallest absolute Gasteiger partial charge is 0.320 e. The highest BCUT2D eigenvalue weighted by atomic mass is 16.3. The van der Waals surface area contributed by atoms with Crippen LogP contribution in [-0.4, -0.2) is 33.1 Å². The number of rotatable bonds is 4. The van der Waals surface area contributed by atoms with Gasteiger partial charge in [-0.05, 0) is 31.4 Å². The molecule has 6 nitrogen and oxygen atoms in total. The van der Waals surface area contributed by atoms with Crippen molar-refractivity contribution in [1.29, 1.82) is 0 Å². The Morgan fingerprint density at radius 2 is 2.04 bits per heavy atom. The molecule has 2 aromatic rings. The molecule has 0 aliphatic heterocycles. The fourth-order valence-electron chi connectivity index (χ4n) is 3.01. The van der Waals surface area contributed by atoms with Crippen LogP contribution < -0.4 is 10.6 Å². The quantitative estimate of drug-likeness (QED) is 0.811. The van der Waals surface area contributed by atoms with E-state index in [2.05, 4.69) is 15.7 Å². The summed E-state index contributed by atoms with van der Waals surface area (Å²) < 4.78 is 1.69. The summed E-state index contributed by atoms with van der Waals surface area (Å²) in [5.74, 6) is 0.593. The summed E-state index contributed by atoms with van der Waals surface area (Å²) in [6, 6.07) is 9.26. The number of nitrogens with zero attached hydrogens (tertiary/aromatic N) is 2. The first-order valence-electron chi connectivity index (χ1n) is 7.95. The number of aryl methyl sites for hydroxylation is 1. The van der Waals surface area contributed by atoms with Gasteiger partial charge in [0.1, 0.15) is 5.82 Å². The van der Waals surface area contributed by atoms with Crippen molar-refractivity contribution < 1.29 is 9.90 Å². The first kappa shape index (κ1) is 15.6. The van der Waals surface area contributed by atoms with E-state index in [4.69, 9.17) is 0 Å². The lowest BCUT2D eigenvalue weighted by molar-refractivity contribution is 0.0506. The molecule has 0 unspecified atom stereocenters. The number of para-hydroxylation sites is 1.